The van der Waals surface area contributed by atoms with E-state index < -0.39 is 0 Å². The maximum absolute atomic E-state index is 11.7. The fourth-order valence-corrected chi connectivity index (χ4v) is 2.28. The van der Waals surface area contributed by atoms with Gasteiger partial charge < -0.3 is 10.1 Å². The Labute approximate surface area is 112 Å². The molecule has 18 heavy (non-hydrogen) atoms. The molecule has 0 amide bonds. The zero-order valence-electron chi connectivity index (χ0n) is 12.4. The maximum Gasteiger partial charge on any atom is 0.311 e. The first kappa shape index (κ1) is 15.5. The predicted octanol–water partition coefficient (Wildman–Crippen LogP) is 3.13. The van der Waals surface area contributed by atoms with Crippen LogP contribution in [0.15, 0.2) is 0 Å². The first-order valence-corrected chi connectivity index (χ1v) is 7.31. The summed E-state index contributed by atoms with van der Waals surface area (Å²) in [6.45, 7) is 10.0. The van der Waals surface area contributed by atoms with Gasteiger partial charge in [0.2, 0.25) is 0 Å². The van der Waals surface area contributed by atoms with Crippen LogP contribution in [0.25, 0.3) is 0 Å². The van der Waals surface area contributed by atoms with Crippen LogP contribution in [0.2, 0.25) is 0 Å². The highest BCUT2D eigenvalue weighted by atomic mass is 16.5. The lowest BCUT2D eigenvalue weighted by Gasteiger charge is -2.24. The van der Waals surface area contributed by atoms with Crippen LogP contribution < -0.4 is 5.32 Å². The largest absolute Gasteiger partial charge is 0.462 e. The van der Waals surface area contributed by atoms with E-state index in [4.69, 9.17) is 4.74 Å². The summed E-state index contributed by atoms with van der Waals surface area (Å²) in [6.07, 6.45) is 6.10. The molecule has 1 rings (SSSR count). The van der Waals surface area contributed by atoms with Crippen molar-refractivity contribution in [3.63, 3.8) is 0 Å². The number of hydrogen-bond acceptors (Lipinski definition) is 3. The van der Waals surface area contributed by atoms with E-state index in [0.717, 1.165) is 25.3 Å². The van der Waals surface area contributed by atoms with Crippen LogP contribution in [0.1, 0.15) is 59.8 Å². The number of ether oxygens (including phenoxy) is 1. The van der Waals surface area contributed by atoms with E-state index in [1.165, 1.54) is 25.8 Å². The van der Waals surface area contributed by atoms with Crippen LogP contribution in [0, 0.1) is 11.3 Å². The lowest BCUT2D eigenvalue weighted by molar-refractivity contribution is -0.158. The minimum Gasteiger partial charge on any atom is -0.462 e. The highest BCUT2D eigenvalue weighted by Crippen LogP contribution is 2.20. The summed E-state index contributed by atoms with van der Waals surface area (Å²) >= 11 is 0. The molecule has 1 N–H and O–H groups in total. The Kier molecular flexibility index (Phi) is 6.13. The van der Waals surface area contributed by atoms with Crippen molar-refractivity contribution in [3.05, 3.63) is 0 Å². The van der Waals surface area contributed by atoms with Gasteiger partial charge in [0.05, 0.1) is 11.5 Å². The Morgan fingerprint density at radius 2 is 2.17 bits per heavy atom. The van der Waals surface area contributed by atoms with Crippen LogP contribution >= 0.6 is 0 Å². The van der Waals surface area contributed by atoms with E-state index in [1.54, 1.807) is 0 Å². The minimum absolute atomic E-state index is 0.0493. The summed E-state index contributed by atoms with van der Waals surface area (Å²) in [5.41, 5.74) is -0.387. The average Bonchev–Trinajstić information content (AvgIpc) is 2.29. The number of esters is 1. The Balaban J connectivity index is 2.13. The van der Waals surface area contributed by atoms with Gasteiger partial charge in [0, 0.05) is 0 Å². The number of rotatable bonds is 5. The zero-order chi connectivity index (χ0) is 13.6. The zero-order valence-corrected chi connectivity index (χ0v) is 12.4. The van der Waals surface area contributed by atoms with E-state index in [1.807, 2.05) is 27.7 Å². The fourth-order valence-electron chi connectivity index (χ4n) is 2.28. The molecule has 0 bridgehead atoms. The van der Waals surface area contributed by atoms with E-state index in [0.29, 0.717) is 0 Å². The summed E-state index contributed by atoms with van der Waals surface area (Å²) in [7, 11) is 0. The van der Waals surface area contributed by atoms with Crippen LogP contribution in [-0.2, 0) is 9.53 Å². The summed E-state index contributed by atoms with van der Waals surface area (Å²) in [6, 6.07) is 0. The van der Waals surface area contributed by atoms with Gasteiger partial charge in [-0.1, -0.05) is 0 Å². The second kappa shape index (κ2) is 7.13. The van der Waals surface area contributed by atoms with Gasteiger partial charge >= 0.3 is 5.97 Å². The first-order chi connectivity index (χ1) is 8.39. The van der Waals surface area contributed by atoms with Gasteiger partial charge in [-0.05, 0) is 78.8 Å². The molecule has 1 aliphatic rings. The number of nitrogens with one attached hydrogen (secondary N) is 1. The van der Waals surface area contributed by atoms with Crippen molar-refractivity contribution in [1.82, 2.24) is 5.32 Å². The smallest absolute Gasteiger partial charge is 0.311 e. The third kappa shape index (κ3) is 5.85. The Bertz CT molecular complexity index is 252. The molecule has 1 aliphatic heterocycles. The van der Waals surface area contributed by atoms with Crippen molar-refractivity contribution >= 4 is 5.97 Å². The lowest BCUT2D eigenvalue weighted by Crippen LogP contribution is -2.30. The molecule has 0 aromatic rings. The van der Waals surface area contributed by atoms with Gasteiger partial charge in [0.25, 0.3) is 0 Å². The summed E-state index contributed by atoms with van der Waals surface area (Å²) < 4.78 is 5.45. The molecule has 0 aromatic heterocycles. The predicted molar refractivity (Wildman–Crippen MR) is 74.5 cm³/mol. The van der Waals surface area contributed by atoms with Crippen molar-refractivity contribution in [2.75, 3.05) is 13.1 Å². The SMILES string of the molecule is CC(CCCC1CCCNC1)OC(=O)C(C)(C)C. The molecule has 3 nitrogen and oxygen atoms in total. The number of carbonyl (C=O) groups excluding carboxylic acids is 1. The topological polar surface area (TPSA) is 38.3 Å². The van der Waals surface area contributed by atoms with Crippen LogP contribution in [0.4, 0.5) is 0 Å². The molecule has 0 radical (unpaired) electrons. The molecule has 106 valence electrons. The lowest BCUT2D eigenvalue weighted by atomic mass is 9.93. The van der Waals surface area contributed by atoms with Gasteiger partial charge in [-0.15, -0.1) is 0 Å². The molecule has 0 aliphatic carbocycles. The third-order valence-electron chi connectivity index (χ3n) is 3.54. The highest BCUT2D eigenvalue weighted by molar-refractivity contribution is 5.75. The van der Waals surface area contributed by atoms with E-state index in [2.05, 4.69) is 5.32 Å². The molecule has 0 saturated carbocycles. The van der Waals surface area contributed by atoms with Crippen molar-refractivity contribution in [2.45, 2.75) is 65.9 Å². The molecule has 0 spiro atoms. The normalized spacial score (nSPS) is 22.6. The fraction of sp³-hybridized carbons (Fsp3) is 0.933. The molecular weight excluding hydrogens is 226 g/mol. The minimum atomic E-state index is -0.387. The summed E-state index contributed by atoms with van der Waals surface area (Å²) in [5, 5.41) is 3.44. The van der Waals surface area contributed by atoms with Gasteiger partial charge in [0.15, 0.2) is 0 Å². The number of piperidine rings is 1. The monoisotopic (exact) mass is 255 g/mol. The van der Waals surface area contributed by atoms with Crippen molar-refractivity contribution < 1.29 is 9.53 Å². The molecule has 2 atom stereocenters. The van der Waals surface area contributed by atoms with Gasteiger partial charge in [0.1, 0.15) is 0 Å². The van der Waals surface area contributed by atoms with Crippen LogP contribution in [0.5, 0.6) is 0 Å². The quantitative estimate of drug-likeness (QED) is 0.767. The summed E-state index contributed by atoms with van der Waals surface area (Å²) in [4.78, 5) is 11.7. The molecule has 1 heterocycles. The number of carbonyl (C=O) groups is 1. The molecule has 1 saturated heterocycles. The number of hydrogen-bond donors (Lipinski definition) is 1. The van der Waals surface area contributed by atoms with Crippen LogP contribution in [0.3, 0.4) is 0 Å². The Morgan fingerprint density at radius 3 is 2.72 bits per heavy atom. The molecule has 1 fully saturated rings. The van der Waals surface area contributed by atoms with E-state index in [9.17, 15) is 4.79 Å². The van der Waals surface area contributed by atoms with Crippen molar-refractivity contribution in [3.8, 4) is 0 Å². The third-order valence-corrected chi connectivity index (χ3v) is 3.54. The molecule has 2 unspecified atom stereocenters. The van der Waals surface area contributed by atoms with Crippen molar-refractivity contribution in [2.24, 2.45) is 11.3 Å². The van der Waals surface area contributed by atoms with Gasteiger partial charge in [-0.3, -0.25) is 4.79 Å². The summed E-state index contributed by atoms with van der Waals surface area (Å²) in [5.74, 6) is 0.735. The molecular formula is C15H29NO2. The highest BCUT2D eigenvalue weighted by Gasteiger charge is 2.24. The molecule has 0 aromatic carbocycles. The standard InChI is InChI=1S/C15H29NO2/c1-12(18-14(17)15(2,3)4)7-5-8-13-9-6-10-16-11-13/h12-13,16H,5-11H2,1-4H3. The van der Waals surface area contributed by atoms with Crippen molar-refractivity contribution in [1.29, 1.82) is 0 Å². The Hall–Kier alpha value is -0.570. The maximum atomic E-state index is 11.7. The average molecular weight is 255 g/mol. The second-order valence-corrected chi connectivity index (χ2v) is 6.61. The van der Waals surface area contributed by atoms with Crippen LogP contribution in [-0.4, -0.2) is 25.2 Å². The molecule has 3 heteroatoms. The van der Waals surface area contributed by atoms with E-state index >= 15 is 0 Å². The van der Waals surface area contributed by atoms with Gasteiger partial charge in [-0.25, -0.2) is 0 Å². The first-order valence-electron chi connectivity index (χ1n) is 7.31. The van der Waals surface area contributed by atoms with Gasteiger partial charge in [-0.2, -0.15) is 0 Å². The Morgan fingerprint density at radius 1 is 1.44 bits per heavy atom. The van der Waals surface area contributed by atoms with E-state index in [-0.39, 0.29) is 17.5 Å². The second-order valence-electron chi connectivity index (χ2n) is 6.61.